The summed E-state index contributed by atoms with van der Waals surface area (Å²) in [6.45, 7) is 7.49. The van der Waals surface area contributed by atoms with E-state index in [4.69, 9.17) is 0 Å². The standard InChI is InChI=1S/C20H26N4O3S/c1-14-5-7-15(8-6-14)24(13-17(26)23-20(2,3)4)18(27)10-9-16(25)22-19-21-11-12-28-19/h5-8,11-12H,9-10,13H2,1-4H3,(H,23,26)(H,21,22,25). The minimum Gasteiger partial charge on any atom is -0.350 e. The third kappa shape index (κ3) is 7.11. The molecule has 3 amide bonds. The normalized spacial score (nSPS) is 11.0. The van der Waals surface area contributed by atoms with Crippen molar-refractivity contribution in [1.82, 2.24) is 10.3 Å². The van der Waals surface area contributed by atoms with E-state index < -0.39 is 5.54 Å². The molecular weight excluding hydrogens is 376 g/mol. The van der Waals surface area contributed by atoms with Crippen molar-refractivity contribution in [1.29, 1.82) is 0 Å². The lowest BCUT2D eigenvalue weighted by molar-refractivity contribution is -0.125. The summed E-state index contributed by atoms with van der Waals surface area (Å²) in [4.78, 5) is 42.6. The molecule has 1 heterocycles. The van der Waals surface area contributed by atoms with E-state index in [1.807, 2.05) is 39.8 Å². The molecule has 2 N–H and O–H groups in total. The van der Waals surface area contributed by atoms with Crippen molar-refractivity contribution in [3.05, 3.63) is 41.4 Å². The van der Waals surface area contributed by atoms with Crippen LogP contribution in [0.1, 0.15) is 39.2 Å². The molecule has 150 valence electrons. The highest BCUT2D eigenvalue weighted by Crippen LogP contribution is 2.17. The van der Waals surface area contributed by atoms with Gasteiger partial charge in [0.15, 0.2) is 5.13 Å². The van der Waals surface area contributed by atoms with Gasteiger partial charge >= 0.3 is 0 Å². The maximum Gasteiger partial charge on any atom is 0.240 e. The lowest BCUT2D eigenvalue weighted by atomic mass is 10.1. The number of aryl methyl sites for hydroxylation is 1. The minimum atomic E-state index is -0.396. The highest BCUT2D eigenvalue weighted by Gasteiger charge is 2.22. The molecule has 0 saturated heterocycles. The van der Waals surface area contributed by atoms with Gasteiger partial charge in [-0.1, -0.05) is 17.7 Å². The van der Waals surface area contributed by atoms with Gasteiger partial charge in [0, 0.05) is 35.6 Å². The molecule has 1 aromatic heterocycles. The number of hydrogen-bond acceptors (Lipinski definition) is 5. The molecule has 0 aliphatic carbocycles. The molecule has 0 saturated carbocycles. The van der Waals surface area contributed by atoms with Gasteiger partial charge in [-0.25, -0.2) is 4.98 Å². The SMILES string of the molecule is Cc1ccc(N(CC(=O)NC(C)(C)C)C(=O)CCC(=O)Nc2nccs2)cc1. The van der Waals surface area contributed by atoms with Crippen LogP contribution in [-0.4, -0.2) is 34.8 Å². The molecule has 0 aliphatic heterocycles. The summed E-state index contributed by atoms with van der Waals surface area (Å²) in [5.41, 5.74) is 1.28. The van der Waals surface area contributed by atoms with Gasteiger partial charge in [0.05, 0.1) is 0 Å². The van der Waals surface area contributed by atoms with E-state index in [0.717, 1.165) is 5.56 Å². The second-order valence-corrected chi connectivity index (χ2v) is 8.39. The maximum absolute atomic E-state index is 12.8. The van der Waals surface area contributed by atoms with Gasteiger partial charge < -0.3 is 15.5 Å². The van der Waals surface area contributed by atoms with Crippen molar-refractivity contribution in [2.75, 3.05) is 16.8 Å². The van der Waals surface area contributed by atoms with Gasteiger partial charge in [0.1, 0.15) is 6.54 Å². The Labute approximate surface area is 169 Å². The van der Waals surface area contributed by atoms with Crippen LogP contribution in [0.3, 0.4) is 0 Å². The number of nitrogens with one attached hydrogen (secondary N) is 2. The molecule has 0 atom stereocenters. The Morgan fingerprint density at radius 3 is 2.32 bits per heavy atom. The first-order valence-electron chi connectivity index (χ1n) is 9.01. The third-order valence-corrected chi connectivity index (χ3v) is 4.40. The molecule has 7 nitrogen and oxygen atoms in total. The molecule has 0 unspecified atom stereocenters. The van der Waals surface area contributed by atoms with Crippen LogP contribution in [0.25, 0.3) is 0 Å². The average molecular weight is 403 g/mol. The minimum absolute atomic E-state index is 0.00607. The molecule has 2 rings (SSSR count). The molecule has 2 aromatic rings. The topological polar surface area (TPSA) is 91.4 Å². The van der Waals surface area contributed by atoms with E-state index in [0.29, 0.717) is 10.8 Å². The summed E-state index contributed by atoms with van der Waals surface area (Å²) in [6, 6.07) is 7.36. The smallest absolute Gasteiger partial charge is 0.240 e. The zero-order valence-corrected chi connectivity index (χ0v) is 17.4. The van der Waals surface area contributed by atoms with Crippen LogP contribution in [0.15, 0.2) is 35.8 Å². The number of anilines is 2. The van der Waals surface area contributed by atoms with E-state index >= 15 is 0 Å². The highest BCUT2D eigenvalue weighted by molar-refractivity contribution is 7.13. The second-order valence-electron chi connectivity index (χ2n) is 7.50. The molecule has 0 fully saturated rings. The van der Waals surface area contributed by atoms with E-state index in [-0.39, 0.29) is 37.1 Å². The van der Waals surface area contributed by atoms with E-state index in [9.17, 15) is 14.4 Å². The maximum atomic E-state index is 12.8. The van der Waals surface area contributed by atoms with Crippen molar-refractivity contribution in [3.8, 4) is 0 Å². The van der Waals surface area contributed by atoms with E-state index in [1.54, 1.807) is 23.7 Å². The summed E-state index contributed by atoms with van der Waals surface area (Å²) in [7, 11) is 0. The van der Waals surface area contributed by atoms with E-state index in [2.05, 4.69) is 15.6 Å². The fraction of sp³-hybridized carbons (Fsp3) is 0.400. The fourth-order valence-corrected chi connectivity index (χ4v) is 3.02. The van der Waals surface area contributed by atoms with Gasteiger partial charge in [0.25, 0.3) is 0 Å². The Morgan fingerprint density at radius 2 is 1.75 bits per heavy atom. The van der Waals surface area contributed by atoms with E-state index in [1.165, 1.54) is 16.2 Å². The van der Waals surface area contributed by atoms with Crippen LogP contribution in [0.2, 0.25) is 0 Å². The lowest BCUT2D eigenvalue weighted by Gasteiger charge is -2.26. The zero-order chi connectivity index (χ0) is 20.7. The largest absolute Gasteiger partial charge is 0.350 e. The predicted octanol–water partition coefficient (Wildman–Crippen LogP) is 3.12. The van der Waals surface area contributed by atoms with Crippen molar-refractivity contribution in [3.63, 3.8) is 0 Å². The van der Waals surface area contributed by atoms with Gasteiger partial charge in [-0.2, -0.15) is 0 Å². The van der Waals surface area contributed by atoms with Gasteiger partial charge in [-0.15, -0.1) is 11.3 Å². The Hall–Kier alpha value is -2.74. The monoisotopic (exact) mass is 402 g/mol. The van der Waals surface area contributed by atoms with Crippen molar-refractivity contribution < 1.29 is 14.4 Å². The molecular formula is C20H26N4O3S. The van der Waals surface area contributed by atoms with Crippen LogP contribution in [-0.2, 0) is 14.4 Å². The molecule has 1 aromatic carbocycles. The number of hydrogen-bond donors (Lipinski definition) is 2. The summed E-state index contributed by atoms with van der Waals surface area (Å²) in [5, 5.41) is 7.77. The van der Waals surface area contributed by atoms with Crippen molar-refractivity contribution in [2.24, 2.45) is 0 Å². The van der Waals surface area contributed by atoms with Crippen molar-refractivity contribution in [2.45, 2.75) is 46.1 Å². The first kappa shape index (κ1) is 21.6. The zero-order valence-electron chi connectivity index (χ0n) is 16.6. The van der Waals surface area contributed by atoms with Crippen LogP contribution in [0.4, 0.5) is 10.8 Å². The van der Waals surface area contributed by atoms with Gasteiger partial charge in [-0.3, -0.25) is 14.4 Å². The van der Waals surface area contributed by atoms with Crippen molar-refractivity contribution >= 4 is 39.9 Å². The van der Waals surface area contributed by atoms with Crippen LogP contribution >= 0.6 is 11.3 Å². The number of aromatic nitrogens is 1. The van der Waals surface area contributed by atoms with Gasteiger partial charge in [0.2, 0.25) is 17.7 Å². The number of thiazole rings is 1. The number of benzene rings is 1. The molecule has 0 radical (unpaired) electrons. The number of rotatable bonds is 7. The number of nitrogens with zero attached hydrogens (tertiary/aromatic N) is 2. The number of amides is 3. The third-order valence-electron chi connectivity index (χ3n) is 3.71. The Bertz CT molecular complexity index is 811. The van der Waals surface area contributed by atoms with Gasteiger partial charge in [-0.05, 0) is 39.8 Å². The molecule has 0 bridgehead atoms. The number of carbonyl (C=O) groups is 3. The summed E-state index contributed by atoms with van der Waals surface area (Å²) >= 11 is 1.31. The molecule has 0 aliphatic rings. The van der Waals surface area contributed by atoms with Crippen LogP contribution in [0, 0.1) is 6.92 Å². The Morgan fingerprint density at radius 1 is 1.07 bits per heavy atom. The molecule has 8 heteroatoms. The quantitative estimate of drug-likeness (QED) is 0.744. The van der Waals surface area contributed by atoms with Crippen LogP contribution in [0.5, 0.6) is 0 Å². The second kappa shape index (κ2) is 9.45. The fourth-order valence-electron chi connectivity index (χ4n) is 2.47. The predicted molar refractivity (Wildman–Crippen MR) is 111 cm³/mol. The molecule has 0 spiro atoms. The average Bonchev–Trinajstić information content (AvgIpc) is 3.10. The first-order chi connectivity index (χ1) is 13.1. The Balaban J connectivity index is 2.04. The Kier molecular flexibility index (Phi) is 7.28. The highest BCUT2D eigenvalue weighted by atomic mass is 32.1. The first-order valence-corrected chi connectivity index (χ1v) is 9.89. The summed E-state index contributed by atoms with van der Waals surface area (Å²) in [6.07, 6.45) is 1.61. The number of carbonyl (C=O) groups excluding carboxylic acids is 3. The van der Waals surface area contributed by atoms with Crippen LogP contribution < -0.4 is 15.5 Å². The molecule has 28 heavy (non-hydrogen) atoms. The summed E-state index contributed by atoms with van der Waals surface area (Å²) < 4.78 is 0. The lowest BCUT2D eigenvalue weighted by Crippen LogP contribution is -2.47. The summed E-state index contributed by atoms with van der Waals surface area (Å²) in [5.74, 6) is -0.831.